The lowest BCUT2D eigenvalue weighted by Crippen LogP contribution is -2.35. The van der Waals surface area contributed by atoms with Crippen molar-refractivity contribution in [3.63, 3.8) is 0 Å². The van der Waals surface area contributed by atoms with E-state index in [4.69, 9.17) is 5.11 Å². The first-order valence-electron chi connectivity index (χ1n) is 4.68. The molecule has 1 amide bonds. The lowest BCUT2D eigenvalue weighted by Gasteiger charge is -2.10. The number of rotatable bonds is 4. The van der Waals surface area contributed by atoms with E-state index in [2.05, 4.69) is 5.32 Å². The Hall–Kier alpha value is -1.89. The number of carbonyl (C=O) groups is 1. The highest BCUT2D eigenvalue weighted by Gasteiger charge is 2.18. The van der Waals surface area contributed by atoms with Crippen LogP contribution in [0.2, 0.25) is 0 Å². The fourth-order valence-corrected chi connectivity index (χ4v) is 1.22. The van der Waals surface area contributed by atoms with Crippen LogP contribution in [0.5, 0.6) is 0 Å². The Morgan fingerprint density at radius 3 is 2.81 bits per heavy atom. The van der Waals surface area contributed by atoms with E-state index in [0.29, 0.717) is 0 Å². The maximum absolute atomic E-state index is 11.6. The first-order valence-corrected chi connectivity index (χ1v) is 4.68. The summed E-state index contributed by atoms with van der Waals surface area (Å²) in [5.41, 5.74) is 0.0521. The third-order valence-corrected chi connectivity index (χ3v) is 2.09. The number of amides is 1. The van der Waals surface area contributed by atoms with E-state index in [0.717, 1.165) is 0 Å². The van der Waals surface area contributed by atoms with E-state index >= 15 is 0 Å². The molecule has 0 bridgehead atoms. The molecule has 1 atom stereocenters. The quantitative estimate of drug-likeness (QED) is 0.560. The molecule has 2 N–H and O–H groups in total. The van der Waals surface area contributed by atoms with Crippen LogP contribution in [0.25, 0.3) is 0 Å². The normalized spacial score (nSPS) is 12.2. The van der Waals surface area contributed by atoms with Crippen LogP contribution in [0.4, 0.5) is 5.69 Å². The van der Waals surface area contributed by atoms with E-state index in [-0.39, 0.29) is 24.0 Å². The summed E-state index contributed by atoms with van der Waals surface area (Å²) in [5.74, 6) is -0.447. The average Bonchev–Trinajstić information content (AvgIpc) is 2.60. The van der Waals surface area contributed by atoms with Gasteiger partial charge in [-0.3, -0.25) is 14.9 Å². The molecule has 1 aromatic rings. The second-order valence-corrected chi connectivity index (χ2v) is 3.51. The maximum Gasteiger partial charge on any atom is 0.287 e. The molecular formula is C9H13N3O4. The number of hydrogen-bond donors (Lipinski definition) is 2. The standard InChI is InChI=1S/C9H13N3O4/c1-6(5-13)10-9(14)8-3-7(12(15)16)4-11(8)2/h3-4,6,13H,5H2,1-2H3,(H,10,14). The van der Waals surface area contributed by atoms with Gasteiger partial charge in [0, 0.05) is 19.2 Å². The third kappa shape index (κ3) is 2.57. The molecular weight excluding hydrogens is 214 g/mol. The Morgan fingerprint density at radius 2 is 2.38 bits per heavy atom. The molecule has 1 rings (SSSR count). The fraction of sp³-hybridized carbons (Fsp3) is 0.444. The minimum Gasteiger partial charge on any atom is -0.394 e. The van der Waals surface area contributed by atoms with E-state index < -0.39 is 10.8 Å². The highest BCUT2D eigenvalue weighted by atomic mass is 16.6. The number of nitro groups is 1. The number of aliphatic hydroxyl groups is 1. The number of aromatic nitrogens is 1. The first kappa shape index (κ1) is 12.2. The summed E-state index contributed by atoms with van der Waals surface area (Å²) in [4.78, 5) is 21.5. The number of aliphatic hydroxyl groups excluding tert-OH is 1. The second kappa shape index (κ2) is 4.75. The van der Waals surface area contributed by atoms with Gasteiger partial charge in [0.1, 0.15) is 5.69 Å². The highest BCUT2D eigenvalue weighted by molar-refractivity contribution is 5.93. The molecule has 16 heavy (non-hydrogen) atoms. The van der Waals surface area contributed by atoms with E-state index in [1.807, 2.05) is 0 Å². The summed E-state index contributed by atoms with van der Waals surface area (Å²) in [6.45, 7) is 1.45. The van der Waals surface area contributed by atoms with E-state index in [9.17, 15) is 14.9 Å². The summed E-state index contributed by atoms with van der Waals surface area (Å²) in [7, 11) is 1.55. The molecule has 88 valence electrons. The van der Waals surface area contributed by atoms with Crippen molar-refractivity contribution in [3.8, 4) is 0 Å². The zero-order valence-corrected chi connectivity index (χ0v) is 9.01. The van der Waals surface area contributed by atoms with Gasteiger partial charge in [-0.15, -0.1) is 0 Å². The number of hydrogen-bond acceptors (Lipinski definition) is 4. The summed E-state index contributed by atoms with van der Waals surface area (Å²) in [6, 6.07) is 0.806. The molecule has 7 nitrogen and oxygen atoms in total. The second-order valence-electron chi connectivity index (χ2n) is 3.51. The molecule has 0 spiro atoms. The molecule has 0 radical (unpaired) electrons. The van der Waals surface area contributed by atoms with Gasteiger partial charge in [-0.1, -0.05) is 0 Å². The zero-order valence-electron chi connectivity index (χ0n) is 9.01. The van der Waals surface area contributed by atoms with Gasteiger partial charge in [0.05, 0.1) is 17.7 Å². The molecule has 7 heteroatoms. The predicted molar refractivity (Wildman–Crippen MR) is 56.1 cm³/mol. The van der Waals surface area contributed by atoms with E-state index in [1.54, 1.807) is 14.0 Å². The molecule has 0 aliphatic carbocycles. The Kier molecular flexibility index (Phi) is 3.62. The lowest BCUT2D eigenvalue weighted by molar-refractivity contribution is -0.384. The summed E-state index contributed by atoms with van der Waals surface area (Å²) in [5, 5.41) is 21.8. The van der Waals surface area contributed by atoms with Crippen molar-refractivity contribution in [2.45, 2.75) is 13.0 Å². The Labute approximate surface area is 91.8 Å². The number of carbonyl (C=O) groups excluding carboxylic acids is 1. The van der Waals surface area contributed by atoms with Crippen molar-refractivity contribution in [2.24, 2.45) is 7.05 Å². The van der Waals surface area contributed by atoms with Crippen molar-refractivity contribution >= 4 is 11.6 Å². The summed E-state index contributed by atoms with van der Waals surface area (Å²) >= 11 is 0. The topological polar surface area (TPSA) is 97.4 Å². The monoisotopic (exact) mass is 227 g/mol. The van der Waals surface area contributed by atoms with Crippen LogP contribution in [-0.2, 0) is 7.05 Å². The summed E-state index contributed by atoms with van der Waals surface area (Å²) < 4.78 is 1.37. The van der Waals surface area contributed by atoms with Crippen LogP contribution in [0, 0.1) is 10.1 Å². The Morgan fingerprint density at radius 1 is 1.75 bits per heavy atom. The summed E-state index contributed by atoms with van der Waals surface area (Å²) in [6.07, 6.45) is 1.26. The van der Waals surface area contributed by atoms with Crippen molar-refractivity contribution < 1.29 is 14.8 Å². The van der Waals surface area contributed by atoms with Gasteiger partial charge in [-0.05, 0) is 6.92 Å². The van der Waals surface area contributed by atoms with Gasteiger partial charge < -0.3 is 15.0 Å². The molecule has 0 aliphatic rings. The Bertz CT molecular complexity index is 413. The molecule has 0 fully saturated rings. The molecule has 0 aromatic carbocycles. The maximum atomic E-state index is 11.6. The van der Waals surface area contributed by atoms with Gasteiger partial charge in [0.2, 0.25) is 0 Å². The lowest BCUT2D eigenvalue weighted by atomic mass is 10.3. The number of aryl methyl sites for hydroxylation is 1. The van der Waals surface area contributed by atoms with Crippen LogP contribution in [0.3, 0.4) is 0 Å². The molecule has 0 saturated heterocycles. The van der Waals surface area contributed by atoms with Gasteiger partial charge in [0.15, 0.2) is 0 Å². The van der Waals surface area contributed by atoms with Crippen LogP contribution < -0.4 is 5.32 Å². The smallest absolute Gasteiger partial charge is 0.287 e. The van der Waals surface area contributed by atoms with Crippen molar-refractivity contribution in [3.05, 3.63) is 28.1 Å². The predicted octanol–water partition coefficient (Wildman–Crippen LogP) is 0.0439. The van der Waals surface area contributed by atoms with Gasteiger partial charge >= 0.3 is 0 Å². The molecule has 1 aromatic heterocycles. The average molecular weight is 227 g/mol. The minimum absolute atomic E-state index is 0.135. The van der Waals surface area contributed by atoms with Crippen molar-refractivity contribution in [1.29, 1.82) is 0 Å². The number of nitrogens with one attached hydrogen (secondary N) is 1. The fourth-order valence-electron chi connectivity index (χ4n) is 1.22. The van der Waals surface area contributed by atoms with Crippen LogP contribution in [-0.4, -0.2) is 33.2 Å². The SMILES string of the molecule is CC(CO)NC(=O)c1cc([N+](=O)[O-])cn1C. The van der Waals surface area contributed by atoms with Crippen LogP contribution in [0.1, 0.15) is 17.4 Å². The van der Waals surface area contributed by atoms with E-state index in [1.165, 1.54) is 16.8 Å². The minimum atomic E-state index is -0.563. The molecule has 0 saturated carbocycles. The third-order valence-electron chi connectivity index (χ3n) is 2.09. The largest absolute Gasteiger partial charge is 0.394 e. The van der Waals surface area contributed by atoms with Crippen LogP contribution in [0.15, 0.2) is 12.3 Å². The van der Waals surface area contributed by atoms with Gasteiger partial charge in [0.25, 0.3) is 11.6 Å². The first-order chi connectivity index (χ1) is 7.45. The van der Waals surface area contributed by atoms with Crippen molar-refractivity contribution in [2.75, 3.05) is 6.61 Å². The van der Waals surface area contributed by atoms with Gasteiger partial charge in [-0.25, -0.2) is 0 Å². The van der Waals surface area contributed by atoms with Crippen molar-refractivity contribution in [1.82, 2.24) is 9.88 Å². The molecule has 1 unspecified atom stereocenters. The van der Waals surface area contributed by atoms with Gasteiger partial charge in [-0.2, -0.15) is 0 Å². The zero-order chi connectivity index (χ0) is 12.3. The van der Waals surface area contributed by atoms with Crippen LogP contribution >= 0.6 is 0 Å². The molecule has 1 heterocycles. The Balaban J connectivity index is 2.87. The number of nitrogens with zero attached hydrogens (tertiary/aromatic N) is 2. The highest BCUT2D eigenvalue weighted by Crippen LogP contribution is 2.14. The molecule has 0 aliphatic heterocycles.